The standard InChI is InChI=1S/C22H33NO3/c1-2-25-21(24)22(18-20-10-6-7-17-26-20)12-15-23(16-13-22)14-11-19-8-4-3-5-9-19/h3-5,8-9,20H,2,6-7,10-18H2,1H3/t20-/m1/s1. The summed E-state index contributed by atoms with van der Waals surface area (Å²) < 4.78 is 11.4. The van der Waals surface area contributed by atoms with Crippen LogP contribution in [0.1, 0.15) is 51.0 Å². The van der Waals surface area contributed by atoms with Gasteiger partial charge in [0.2, 0.25) is 0 Å². The Labute approximate surface area is 157 Å². The summed E-state index contributed by atoms with van der Waals surface area (Å²) in [6.07, 6.45) is 7.35. The van der Waals surface area contributed by atoms with Crippen molar-refractivity contribution in [1.29, 1.82) is 0 Å². The molecule has 26 heavy (non-hydrogen) atoms. The van der Waals surface area contributed by atoms with Gasteiger partial charge in [-0.15, -0.1) is 0 Å². The zero-order chi connectivity index (χ0) is 18.2. The molecule has 0 saturated carbocycles. The van der Waals surface area contributed by atoms with E-state index in [-0.39, 0.29) is 17.5 Å². The van der Waals surface area contributed by atoms with E-state index < -0.39 is 0 Å². The number of nitrogens with zero attached hydrogens (tertiary/aromatic N) is 1. The molecular weight excluding hydrogens is 326 g/mol. The van der Waals surface area contributed by atoms with E-state index in [1.165, 1.54) is 12.0 Å². The molecule has 1 aromatic rings. The predicted molar refractivity (Wildman–Crippen MR) is 103 cm³/mol. The van der Waals surface area contributed by atoms with Gasteiger partial charge in [0.1, 0.15) is 0 Å². The van der Waals surface area contributed by atoms with Crippen molar-refractivity contribution >= 4 is 5.97 Å². The monoisotopic (exact) mass is 359 g/mol. The van der Waals surface area contributed by atoms with Crippen LogP contribution in [0.25, 0.3) is 0 Å². The van der Waals surface area contributed by atoms with Crippen molar-refractivity contribution in [2.24, 2.45) is 5.41 Å². The lowest BCUT2D eigenvalue weighted by Crippen LogP contribution is -2.47. The van der Waals surface area contributed by atoms with Crippen molar-refractivity contribution < 1.29 is 14.3 Å². The van der Waals surface area contributed by atoms with Crippen molar-refractivity contribution in [2.45, 2.75) is 58.0 Å². The molecule has 0 amide bonds. The molecule has 1 aromatic carbocycles. The van der Waals surface area contributed by atoms with Crippen LogP contribution in [0.4, 0.5) is 0 Å². The molecule has 0 radical (unpaired) electrons. The average Bonchev–Trinajstić information content (AvgIpc) is 2.69. The molecule has 0 N–H and O–H groups in total. The number of carbonyl (C=O) groups is 1. The van der Waals surface area contributed by atoms with Gasteiger partial charge in [-0.05, 0) is 70.5 Å². The maximum atomic E-state index is 12.8. The highest BCUT2D eigenvalue weighted by Crippen LogP contribution is 2.39. The van der Waals surface area contributed by atoms with Gasteiger partial charge in [0.15, 0.2) is 0 Å². The first-order chi connectivity index (χ1) is 12.7. The first kappa shape index (κ1) is 19.4. The molecule has 0 aromatic heterocycles. The summed E-state index contributed by atoms with van der Waals surface area (Å²) in [6.45, 7) is 6.20. The molecule has 2 aliphatic rings. The maximum absolute atomic E-state index is 12.8. The lowest BCUT2D eigenvalue weighted by molar-refractivity contribution is -0.162. The van der Waals surface area contributed by atoms with Crippen LogP contribution in [0, 0.1) is 5.41 Å². The molecule has 2 fully saturated rings. The van der Waals surface area contributed by atoms with E-state index in [4.69, 9.17) is 9.47 Å². The zero-order valence-corrected chi connectivity index (χ0v) is 16.1. The molecule has 144 valence electrons. The van der Waals surface area contributed by atoms with Crippen LogP contribution in [0.3, 0.4) is 0 Å². The molecule has 3 rings (SSSR count). The van der Waals surface area contributed by atoms with Gasteiger partial charge in [-0.1, -0.05) is 30.3 Å². The lowest BCUT2D eigenvalue weighted by Gasteiger charge is -2.42. The third kappa shape index (κ3) is 5.08. The molecule has 4 nitrogen and oxygen atoms in total. The summed E-state index contributed by atoms with van der Waals surface area (Å²) >= 11 is 0. The van der Waals surface area contributed by atoms with Gasteiger partial charge >= 0.3 is 5.97 Å². The largest absolute Gasteiger partial charge is 0.466 e. The van der Waals surface area contributed by atoms with Crippen LogP contribution >= 0.6 is 0 Å². The van der Waals surface area contributed by atoms with E-state index in [0.717, 1.165) is 64.8 Å². The van der Waals surface area contributed by atoms with Gasteiger partial charge in [0, 0.05) is 13.2 Å². The first-order valence-electron chi connectivity index (χ1n) is 10.3. The van der Waals surface area contributed by atoms with Crippen molar-refractivity contribution in [3.63, 3.8) is 0 Å². The van der Waals surface area contributed by atoms with Gasteiger partial charge in [-0.2, -0.15) is 0 Å². The first-order valence-corrected chi connectivity index (χ1v) is 10.3. The van der Waals surface area contributed by atoms with E-state index in [0.29, 0.717) is 6.61 Å². The highest BCUT2D eigenvalue weighted by molar-refractivity contribution is 5.77. The van der Waals surface area contributed by atoms with Crippen LogP contribution < -0.4 is 0 Å². The Bertz CT molecular complexity index is 546. The van der Waals surface area contributed by atoms with E-state index in [2.05, 4.69) is 35.2 Å². The Hall–Kier alpha value is -1.39. The second kappa shape index (κ2) is 9.52. The summed E-state index contributed by atoms with van der Waals surface area (Å²) in [5.41, 5.74) is 1.03. The topological polar surface area (TPSA) is 38.8 Å². The Morgan fingerprint density at radius 3 is 2.65 bits per heavy atom. The minimum absolute atomic E-state index is 0.00289. The summed E-state index contributed by atoms with van der Waals surface area (Å²) in [6, 6.07) is 10.6. The van der Waals surface area contributed by atoms with Crippen LogP contribution in [0.15, 0.2) is 30.3 Å². The highest BCUT2D eigenvalue weighted by Gasteiger charge is 2.44. The fourth-order valence-electron chi connectivity index (χ4n) is 4.32. The Kier molecular flexibility index (Phi) is 7.09. The van der Waals surface area contributed by atoms with E-state index in [9.17, 15) is 4.79 Å². The number of hydrogen-bond acceptors (Lipinski definition) is 4. The molecular formula is C22H33NO3. The van der Waals surface area contributed by atoms with Crippen LogP contribution in [0.2, 0.25) is 0 Å². The normalized spacial score (nSPS) is 23.5. The Balaban J connectivity index is 1.56. The second-order valence-electron chi connectivity index (χ2n) is 7.77. The van der Waals surface area contributed by atoms with E-state index in [1.54, 1.807) is 0 Å². The van der Waals surface area contributed by atoms with Gasteiger partial charge in [0.25, 0.3) is 0 Å². The van der Waals surface area contributed by atoms with Gasteiger partial charge < -0.3 is 14.4 Å². The number of rotatable bonds is 7. The summed E-state index contributed by atoms with van der Waals surface area (Å²) in [5.74, 6) is -0.00289. The summed E-state index contributed by atoms with van der Waals surface area (Å²) in [5, 5.41) is 0. The molecule has 0 spiro atoms. The fraction of sp³-hybridized carbons (Fsp3) is 0.682. The number of ether oxygens (including phenoxy) is 2. The Morgan fingerprint density at radius 1 is 1.23 bits per heavy atom. The van der Waals surface area contributed by atoms with Gasteiger partial charge in [-0.3, -0.25) is 4.79 Å². The van der Waals surface area contributed by atoms with Crippen LogP contribution in [-0.2, 0) is 20.7 Å². The number of carbonyl (C=O) groups excluding carboxylic acids is 1. The Morgan fingerprint density at radius 2 is 2.00 bits per heavy atom. The number of esters is 1. The lowest BCUT2D eigenvalue weighted by atomic mass is 9.73. The molecule has 1 atom stereocenters. The van der Waals surface area contributed by atoms with Gasteiger partial charge in [-0.25, -0.2) is 0 Å². The number of benzene rings is 1. The van der Waals surface area contributed by atoms with Crippen molar-refractivity contribution in [1.82, 2.24) is 4.90 Å². The second-order valence-corrected chi connectivity index (χ2v) is 7.77. The quantitative estimate of drug-likeness (QED) is 0.694. The minimum Gasteiger partial charge on any atom is -0.466 e. The molecule has 2 heterocycles. The molecule has 2 saturated heterocycles. The number of hydrogen-bond donors (Lipinski definition) is 0. The summed E-state index contributed by atoms with van der Waals surface area (Å²) in [7, 11) is 0. The van der Waals surface area contributed by atoms with Crippen molar-refractivity contribution in [3.05, 3.63) is 35.9 Å². The van der Waals surface area contributed by atoms with Crippen molar-refractivity contribution in [3.8, 4) is 0 Å². The third-order valence-electron chi connectivity index (χ3n) is 5.97. The SMILES string of the molecule is CCOC(=O)C1(C[C@H]2CCCCO2)CCN(CCc2ccccc2)CC1. The highest BCUT2D eigenvalue weighted by atomic mass is 16.5. The molecule has 0 bridgehead atoms. The number of piperidine rings is 1. The van der Waals surface area contributed by atoms with E-state index >= 15 is 0 Å². The third-order valence-corrected chi connectivity index (χ3v) is 5.97. The zero-order valence-electron chi connectivity index (χ0n) is 16.1. The van der Waals surface area contributed by atoms with Gasteiger partial charge in [0.05, 0.1) is 18.1 Å². The van der Waals surface area contributed by atoms with Crippen LogP contribution in [-0.4, -0.2) is 49.8 Å². The summed E-state index contributed by atoms with van der Waals surface area (Å²) in [4.78, 5) is 15.3. The predicted octanol–water partition coefficient (Wildman–Crippen LogP) is 3.83. The van der Waals surface area contributed by atoms with Crippen molar-refractivity contribution in [2.75, 3.05) is 32.8 Å². The smallest absolute Gasteiger partial charge is 0.312 e. The molecule has 2 aliphatic heterocycles. The van der Waals surface area contributed by atoms with E-state index in [1.807, 2.05) is 6.92 Å². The molecule has 0 aliphatic carbocycles. The minimum atomic E-state index is -0.346. The molecule has 0 unspecified atom stereocenters. The maximum Gasteiger partial charge on any atom is 0.312 e. The fourth-order valence-corrected chi connectivity index (χ4v) is 4.32. The number of likely N-dealkylation sites (tertiary alicyclic amines) is 1. The van der Waals surface area contributed by atoms with Crippen LogP contribution in [0.5, 0.6) is 0 Å². The molecule has 4 heteroatoms. The average molecular weight is 360 g/mol.